The molecule has 88 valence electrons. The predicted molar refractivity (Wildman–Crippen MR) is 72.6 cm³/mol. The molecule has 0 unspecified atom stereocenters. The van der Waals surface area contributed by atoms with Gasteiger partial charge >= 0.3 is 0 Å². The Kier molecular flexibility index (Phi) is 2.89. The molecule has 2 aromatic rings. The Morgan fingerprint density at radius 2 is 2.18 bits per heavy atom. The summed E-state index contributed by atoms with van der Waals surface area (Å²) in [6.07, 6.45) is 3.93. The Labute approximate surface area is 109 Å². The number of anilines is 2. The minimum Gasteiger partial charge on any atom is -0.339 e. The molecule has 1 heterocycles. The summed E-state index contributed by atoms with van der Waals surface area (Å²) in [5.41, 5.74) is 2.31. The third-order valence-electron chi connectivity index (χ3n) is 3.24. The van der Waals surface area contributed by atoms with E-state index in [1.165, 1.54) is 25.0 Å². The smallest absolute Gasteiger partial charge is 0.152 e. The molecule has 1 aliphatic carbocycles. The summed E-state index contributed by atoms with van der Waals surface area (Å²) in [6.45, 7) is 0. The van der Waals surface area contributed by atoms with Crippen LogP contribution >= 0.6 is 15.9 Å². The quantitative estimate of drug-likeness (QED) is 0.890. The van der Waals surface area contributed by atoms with E-state index in [4.69, 9.17) is 0 Å². The van der Waals surface area contributed by atoms with E-state index in [1.807, 2.05) is 24.3 Å². The zero-order chi connectivity index (χ0) is 11.7. The SMILES string of the molecule is Brc1cccc(Nc2cc(C3CCC3)[nH]n2)c1. The maximum absolute atomic E-state index is 4.29. The highest BCUT2D eigenvalue weighted by molar-refractivity contribution is 9.10. The number of nitrogens with zero attached hydrogens (tertiary/aromatic N) is 1. The van der Waals surface area contributed by atoms with Gasteiger partial charge < -0.3 is 5.32 Å². The number of H-pyrrole nitrogens is 1. The van der Waals surface area contributed by atoms with Crippen LogP contribution in [0.1, 0.15) is 30.9 Å². The van der Waals surface area contributed by atoms with Crippen LogP contribution in [0, 0.1) is 0 Å². The van der Waals surface area contributed by atoms with Crippen LogP contribution in [-0.2, 0) is 0 Å². The maximum atomic E-state index is 4.29. The molecule has 1 aromatic heterocycles. The van der Waals surface area contributed by atoms with E-state index in [2.05, 4.69) is 37.5 Å². The second kappa shape index (κ2) is 4.53. The Morgan fingerprint density at radius 3 is 2.88 bits per heavy atom. The van der Waals surface area contributed by atoms with Gasteiger partial charge in [-0.25, -0.2) is 0 Å². The van der Waals surface area contributed by atoms with Gasteiger partial charge in [-0.2, -0.15) is 5.10 Å². The summed E-state index contributed by atoms with van der Waals surface area (Å²) in [7, 11) is 0. The van der Waals surface area contributed by atoms with Crippen molar-refractivity contribution in [1.82, 2.24) is 10.2 Å². The number of halogens is 1. The minimum absolute atomic E-state index is 0.695. The van der Waals surface area contributed by atoms with E-state index in [1.54, 1.807) is 0 Å². The summed E-state index contributed by atoms with van der Waals surface area (Å²) < 4.78 is 1.07. The topological polar surface area (TPSA) is 40.7 Å². The molecule has 1 aromatic carbocycles. The molecule has 0 saturated heterocycles. The van der Waals surface area contributed by atoms with Crippen LogP contribution in [0.3, 0.4) is 0 Å². The highest BCUT2D eigenvalue weighted by atomic mass is 79.9. The van der Waals surface area contributed by atoms with Crippen molar-refractivity contribution in [2.24, 2.45) is 0 Å². The van der Waals surface area contributed by atoms with Gasteiger partial charge in [0, 0.05) is 27.8 Å². The molecule has 3 nitrogen and oxygen atoms in total. The molecule has 0 bridgehead atoms. The molecule has 17 heavy (non-hydrogen) atoms. The molecular formula is C13H14BrN3. The number of nitrogens with one attached hydrogen (secondary N) is 2. The first-order chi connectivity index (χ1) is 8.31. The minimum atomic E-state index is 0.695. The summed E-state index contributed by atoms with van der Waals surface area (Å²) >= 11 is 3.46. The van der Waals surface area contributed by atoms with Gasteiger partial charge in [0.15, 0.2) is 5.82 Å². The van der Waals surface area contributed by atoms with Gasteiger partial charge in [-0.15, -0.1) is 0 Å². The first kappa shape index (κ1) is 10.8. The van der Waals surface area contributed by atoms with Crippen molar-refractivity contribution in [2.45, 2.75) is 25.2 Å². The number of hydrogen-bond acceptors (Lipinski definition) is 2. The molecule has 4 heteroatoms. The fraction of sp³-hybridized carbons (Fsp3) is 0.308. The van der Waals surface area contributed by atoms with Crippen molar-refractivity contribution < 1.29 is 0 Å². The monoisotopic (exact) mass is 291 g/mol. The third kappa shape index (κ3) is 2.36. The second-order valence-electron chi connectivity index (χ2n) is 4.47. The predicted octanol–water partition coefficient (Wildman–Crippen LogP) is 4.18. The Hall–Kier alpha value is -1.29. The number of aromatic amines is 1. The number of hydrogen-bond donors (Lipinski definition) is 2. The first-order valence-corrected chi connectivity index (χ1v) is 6.68. The standard InChI is InChI=1S/C13H14BrN3/c14-10-5-2-6-11(7-10)15-13-8-12(16-17-13)9-3-1-4-9/h2,5-9H,1,3-4H2,(H2,15,16,17). The largest absolute Gasteiger partial charge is 0.339 e. The third-order valence-corrected chi connectivity index (χ3v) is 3.73. The highest BCUT2D eigenvalue weighted by Crippen LogP contribution is 2.36. The normalized spacial score (nSPS) is 15.6. The lowest BCUT2D eigenvalue weighted by Crippen LogP contribution is -2.08. The van der Waals surface area contributed by atoms with Crippen LogP contribution < -0.4 is 5.32 Å². The van der Waals surface area contributed by atoms with E-state index >= 15 is 0 Å². The van der Waals surface area contributed by atoms with Crippen molar-refractivity contribution in [1.29, 1.82) is 0 Å². The molecular weight excluding hydrogens is 278 g/mol. The molecule has 0 atom stereocenters. The zero-order valence-corrected chi connectivity index (χ0v) is 11.0. The molecule has 2 N–H and O–H groups in total. The molecule has 0 spiro atoms. The summed E-state index contributed by atoms with van der Waals surface area (Å²) in [5.74, 6) is 1.59. The second-order valence-corrected chi connectivity index (χ2v) is 5.39. The van der Waals surface area contributed by atoms with Gasteiger partial charge in [-0.3, -0.25) is 5.10 Å². The molecule has 1 saturated carbocycles. The summed E-state index contributed by atoms with van der Waals surface area (Å²) in [5, 5.41) is 10.7. The Bertz CT molecular complexity index is 517. The number of aromatic nitrogens is 2. The first-order valence-electron chi connectivity index (χ1n) is 5.89. The van der Waals surface area contributed by atoms with E-state index in [-0.39, 0.29) is 0 Å². The van der Waals surface area contributed by atoms with Gasteiger partial charge in [-0.1, -0.05) is 28.4 Å². The Morgan fingerprint density at radius 1 is 1.29 bits per heavy atom. The lowest BCUT2D eigenvalue weighted by Gasteiger charge is -2.23. The maximum Gasteiger partial charge on any atom is 0.152 e. The average Bonchev–Trinajstić information content (AvgIpc) is 2.63. The lowest BCUT2D eigenvalue weighted by atomic mass is 9.83. The van der Waals surface area contributed by atoms with Crippen molar-refractivity contribution in [3.63, 3.8) is 0 Å². The molecule has 0 amide bonds. The fourth-order valence-electron chi connectivity index (χ4n) is 2.04. The fourth-order valence-corrected chi connectivity index (χ4v) is 2.44. The van der Waals surface area contributed by atoms with Crippen molar-refractivity contribution in [2.75, 3.05) is 5.32 Å². The lowest BCUT2D eigenvalue weighted by molar-refractivity contribution is 0.410. The van der Waals surface area contributed by atoms with Crippen LogP contribution in [0.4, 0.5) is 11.5 Å². The summed E-state index contributed by atoms with van der Waals surface area (Å²) in [6, 6.07) is 10.2. The Balaban J connectivity index is 1.74. The molecule has 1 fully saturated rings. The van der Waals surface area contributed by atoms with E-state index in [9.17, 15) is 0 Å². The van der Waals surface area contributed by atoms with Crippen LogP contribution in [0.25, 0.3) is 0 Å². The van der Waals surface area contributed by atoms with Crippen LogP contribution in [0.15, 0.2) is 34.8 Å². The van der Waals surface area contributed by atoms with Gasteiger partial charge in [-0.05, 0) is 31.0 Å². The van der Waals surface area contributed by atoms with E-state index < -0.39 is 0 Å². The van der Waals surface area contributed by atoms with Gasteiger partial charge in [0.1, 0.15) is 0 Å². The van der Waals surface area contributed by atoms with Gasteiger partial charge in [0.2, 0.25) is 0 Å². The molecule has 0 aliphatic heterocycles. The van der Waals surface area contributed by atoms with Crippen LogP contribution in [-0.4, -0.2) is 10.2 Å². The van der Waals surface area contributed by atoms with Crippen LogP contribution in [0.2, 0.25) is 0 Å². The van der Waals surface area contributed by atoms with E-state index in [0.29, 0.717) is 5.92 Å². The molecule has 0 radical (unpaired) electrons. The number of rotatable bonds is 3. The van der Waals surface area contributed by atoms with Gasteiger partial charge in [0.05, 0.1) is 0 Å². The number of benzene rings is 1. The highest BCUT2D eigenvalue weighted by Gasteiger charge is 2.21. The van der Waals surface area contributed by atoms with Crippen molar-refractivity contribution in [3.8, 4) is 0 Å². The van der Waals surface area contributed by atoms with E-state index in [0.717, 1.165) is 16.0 Å². The van der Waals surface area contributed by atoms with Crippen molar-refractivity contribution >= 4 is 27.4 Å². The van der Waals surface area contributed by atoms with Crippen LogP contribution in [0.5, 0.6) is 0 Å². The average molecular weight is 292 g/mol. The zero-order valence-electron chi connectivity index (χ0n) is 9.41. The summed E-state index contributed by atoms with van der Waals surface area (Å²) in [4.78, 5) is 0. The van der Waals surface area contributed by atoms with Gasteiger partial charge in [0.25, 0.3) is 0 Å². The molecule has 3 rings (SSSR count). The molecule has 1 aliphatic rings. The van der Waals surface area contributed by atoms with Crippen molar-refractivity contribution in [3.05, 3.63) is 40.5 Å².